The molecule has 5 rings (SSSR count). The van der Waals surface area contributed by atoms with E-state index >= 15 is 0 Å². The minimum Gasteiger partial charge on any atom is -0.356 e. The van der Waals surface area contributed by atoms with E-state index in [0.29, 0.717) is 18.1 Å². The van der Waals surface area contributed by atoms with Gasteiger partial charge in [0.2, 0.25) is 0 Å². The zero-order chi connectivity index (χ0) is 19.4. The summed E-state index contributed by atoms with van der Waals surface area (Å²) in [5, 5.41) is 1.61. The number of nitrogens with one attached hydrogen (secondary N) is 1. The van der Waals surface area contributed by atoms with Crippen LogP contribution >= 0.6 is 12.2 Å². The maximum atomic E-state index is 13.6. The minimum absolute atomic E-state index is 0.00653. The quantitative estimate of drug-likeness (QED) is 0.543. The number of hydrogen-bond acceptors (Lipinski definition) is 2. The van der Waals surface area contributed by atoms with Gasteiger partial charge in [-0.2, -0.15) is 0 Å². The average molecular weight is 391 g/mol. The van der Waals surface area contributed by atoms with Gasteiger partial charge in [-0.15, -0.1) is 6.58 Å². The molecule has 28 heavy (non-hydrogen) atoms. The summed E-state index contributed by atoms with van der Waals surface area (Å²) in [4.78, 5) is 20.2. The van der Waals surface area contributed by atoms with Crippen LogP contribution < -0.4 is 0 Å². The number of H-pyrrole nitrogens is 1. The predicted molar refractivity (Wildman–Crippen MR) is 110 cm³/mol. The number of amides is 1. The van der Waals surface area contributed by atoms with Gasteiger partial charge in [0.1, 0.15) is 11.9 Å². The number of aromatic amines is 1. The van der Waals surface area contributed by atoms with Gasteiger partial charge in [0, 0.05) is 29.6 Å². The van der Waals surface area contributed by atoms with Crippen LogP contribution in [-0.4, -0.2) is 38.4 Å². The molecule has 2 aliphatic heterocycles. The van der Waals surface area contributed by atoms with Gasteiger partial charge >= 0.3 is 0 Å². The molecule has 0 unspecified atom stereocenters. The summed E-state index contributed by atoms with van der Waals surface area (Å²) < 4.78 is 13.6. The molecule has 0 aliphatic carbocycles. The van der Waals surface area contributed by atoms with Crippen molar-refractivity contribution in [2.45, 2.75) is 18.5 Å². The highest BCUT2D eigenvalue weighted by Gasteiger charge is 2.50. The molecule has 1 fully saturated rings. The number of benzene rings is 2. The third-order valence-corrected chi connectivity index (χ3v) is 6.06. The molecule has 140 valence electrons. The summed E-state index contributed by atoms with van der Waals surface area (Å²) in [6.45, 7) is 4.13. The first-order valence-electron chi connectivity index (χ1n) is 9.19. The topological polar surface area (TPSA) is 39.3 Å². The standard InChI is InChI=1S/C22H18FN3OS/c1-2-11-25-21(27)18-12-16-15-5-3-4-6-17(15)24-19(16)20(26(18)22(25)28)13-7-9-14(23)10-8-13/h2-10,18,20,24H,1,11-12H2/t18-,20+/m0/s1. The van der Waals surface area contributed by atoms with E-state index in [1.165, 1.54) is 12.1 Å². The molecule has 1 aromatic heterocycles. The number of halogens is 1. The Labute approximate surface area is 167 Å². The predicted octanol–water partition coefficient (Wildman–Crippen LogP) is 3.94. The number of nitrogens with zero attached hydrogens (tertiary/aromatic N) is 2. The van der Waals surface area contributed by atoms with Gasteiger partial charge in [0.25, 0.3) is 5.91 Å². The number of rotatable bonds is 3. The largest absolute Gasteiger partial charge is 0.356 e. The van der Waals surface area contributed by atoms with Crippen molar-refractivity contribution in [1.82, 2.24) is 14.8 Å². The van der Waals surface area contributed by atoms with Gasteiger partial charge in [-0.1, -0.05) is 36.4 Å². The van der Waals surface area contributed by atoms with Crippen molar-refractivity contribution in [3.63, 3.8) is 0 Å². The second kappa shape index (κ2) is 6.27. The Hall–Kier alpha value is -2.99. The van der Waals surface area contributed by atoms with Crippen molar-refractivity contribution >= 4 is 34.1 Å². The van der Waals surface area contributed by atoms with Gasteiger partial charge in [0.05, 0.1) is 6.04 Å². The van der Waals surface area contributed by atoms with E-state index in [4.69, 9.17) is 12.2 Å². The second-order valence-corrected chi connectivity index (χ2v) is 7.53. The Morgan fingerprint density at radius 1 is 1.21 bits per heavy atom. The smallest absolute Gasteiger partial charge is 0.252 e. The van der Waals surface area contributed by atoms with E-state index in [1.54, 1.807) is 23.1 Å². The SMILES string of the molecule is C=CCN1C(=O)[C@@H]2Cc3c([nH]c4ccccc34)[C@@H](c3ccc(F)cc3)N2C1=S. The average Bonchev–Trinajstić information content (AvgIpc) is 3.19. The number of carbonyl (C=O) groups excluding carboxylic acids is 1. The molecule has 2 atom stereocenters. The first kappa shape index (κ1) is 17.1. The summed E-state index contributed by atoms with van der Waals surface area (Å²) in [5.74, 6) is -0.297. The number of fused-ring (bicyclic) bond motifs is 4. The summed E-state index contributed by atoms with van der Waals surface area (Å²) >= 11 is 5.69. The molecular weight excluding hydrogens is 373 g/mol. The van der Waals surface area contributed by atoms with E-state index < -0.39 is 0 Å². The summed E-state index contributed by atoms with van der Waals surface area (Å²) in [7, 11) is 0. The lowest BCUT2D eigenvalue weighted by Gasteiger charge is -2.37. The summed E-state index contributed by atoms with van der Waals surface area (Å²) in [6.07, 6.45) is 2.27. The van der Waals surface area contributed by atoms with Crippen LogP contribution in [0.5, 0.6) is 0 Å². The van der Waals surface area contributed by atoms with Crippen molar-refractivity contribution in [2.75, 3.05) is 6.54 Å². The highest BCUT2D eigenvalue weighted by Crippen LogP contribution is 2.43. The molecule has 2 aromatic carbocycles. The zero-order valence-electron chi connectivity index (χ0n) is 15.1. The molecule has 0 spiro atoms. The minimum atomic E-state index is -0.366. The van der Waals surface area contributed by atoms with Crippen molar-refractivity contribution in [3.05, 3.63) is 83.8 Å². The maximum Gasteiger partial charge on any atom is 0.252 e. The van der Waals surface area contributed by atoms with E-state index in [-0.39, 0.29) is 23.8 Å². The Morgan fingerprint density at radius 2 is 1.96 bits per heavy atom. The maximum absolute atomic E-state index is 13.6. The second-order valence-electron chi connectivity index (χ2n) is 7.16. The van der Waals surface area contributed by atoms with Crippen molar-refractivity contribution in [1.29, 1.82) is 0 Å². The fraction of sp³-hybridized carbons (Fsp3) is 0.182. The number of thiocarbonyl (C=S) groups is 1. The number of para-hydroxylation sites is 1. The first-order chi connectivity index (χ1) is 13.6. The molecule has 1 N–H and O–H groups in total. The van der Waals surface area contributed by atoms with Crippen LogP contribution in [0.15, 0.2) is 61.2 Å². The molecule has 3 heterocycles. The monoisotopic (exact) mass is 391 g/mol. The third-order valence-electron chi connectivity index (χ3n) is 5.63. The van der Waals surface area contributed by atoms with Crippen LogP contribution in [0.4, 0.5) is 4.39 Å². The number of hydrogen-bond donors (Lipinski definition) is 1. The van der Waals surface area contributed by atoms with Crippen LogP contribution in [0.2, 0.25) is 0 Å². The summed E-state index contributed by atoms with van der Waals surface area (Å²) in [6, 6.07) is 13.9. The van der Waals surface area contributed by atoms with E-state index in [2.05, 4.69) is 17.6 Å². The van der Waals surface area contributed by atoms with E-state index in [1.807, 2.05) is 23.1 Å². The summed E-state index contributed by atoms with van der Waals surface area (Å²) in [5.41, 5.74) is 4.07. The third kappa shape index (κ3) is 2.34. The Bertz CT molecular complexity index is 1120. The lowest BCUT2D eigenvalue weighted by Crippen LogP contribution is -2.44. The lowest BCUT2D eigenvalue weighted by molar-refractivity contribution is -0.128. The molecule has 1 amide bonds. The Balaban J connectivity index is 1.73. The lowest BCUT2D eigenvalue weighted by atomic mass is 9.89. The zero-order valence-corrected chi connectivity index (χ0v) is 15.9. The van der Waals surface area contributed by atoms with Gasteiger partial charge in [0.15, 0.2) is 5.11 Å². The Morgan fingerprint density at radius 3 is 2.71 bits per heavy atom. The molecule has 1 saturated heterocycles. The van der Waals surface area contributed by atoms with Crippen molar-refractivity contribution in [3.8, 4) is 0 Å². The van der Waals surface area contributed by atoms with Crippen molar-refractivity contribution < 1.29 is 9.18 Å². The fourth-order valence-corrected chi connectivity index (χ4v) is 4.82. The van der Waals surface area contributed by atoms with Crippen LogP contribution in [0, 0.1) is 5.82 Å². The van der Waals surface area contributed by atoms with Crippen LogP contribution in [-0.2, 0) is 11.2 Å². The molecule has 0 bridgehead atoms. The van der Waals surface area contributed by atoms with E-state index in [0.717, 1.165) is 27.7 Å². The molecule has 6 heteroatoms. The van der Waals surface area contributed by atoms with Gasteiger partial charge in [-0.05, 0) is 41.5 Å². The van der Waals surface area contributed by atoms with Gasteiger partial charge < -0.3 is 9.88 Å². The molecule has 3 aromatic rings. The van der Waals surface area contributed by atoms with E-state index in [9.17, 15) is 9.18 Å². The van der Waals surface area contributed by atoms with Gasteiger partial charge in [-0.25, -0.2) is 4.39 Å². The van der Waals surface area contributed by atoms with Crippen LogP contribution in [0.25, 0.3) is 10.9 Å². The first-order valence-corrected chi connectivity index (χ1v) is 9.60. The fourth-order valence-electron chi connectivity index (χ4n) is 4.42. The highest BCUT2D eigenvalue weighted by atomic mass is 32.1. The molecule has 0 radical (unpaired) electrons. The molecule has 4 nitrogen and oxygen atoms in total. The highest BCUT2D eigenvalue weighted by molar-refractivity contribution is 7.80. The Kier molecular flexibility index (Phi) is 3.84. The van der Waals surface area contributed by atoms with Crippen molar-refractivity contribution in [2.24, 2.45) is 0 Å². The molecule has 2 aliphatic rings. The number of carbonyl (C=O) groups is 1. The number of aromatic nitrogens is 1. The molecular formula is C22H18FN3OS. The van der Waals surface area contributed by atoms with Gasteiger partial charge in [-0.3, -0.25) is 9.69 Å². The normalized spacial score (nSPS) is 21.2. The van der Waals surface area contributed by atoms with Crippen LogP contribution in [0.3, 0.4) is 0 Å². The molecule has 0 saturated carbocycles. The van der Waals surface area contributed by atoms with Crippen LogP contribution in [0.1, 0.15) is 22.9 Å².